The summed E-state index contributed by atoms with van der Waals surface area (Å²) in [6, 6.07) is 11.9. The van der Waals surface area contributed by atoms with Gasteiger partial charge in [-0.1, -0.05) is 6.07 Å². The molecule has 1 aromatic carbocycles. The van der Waals surface area contributed by atoms with E-state index in [0.717, 1.165) is 35.9 Å². The van der Waals surface area contributed by atoms with E-state index in [9.17, 15) is 4.79 Å². The van der Waals surface area contributed by atoms with Crippen molar-refractivity contribution in [3.8, 4) is 5.82 Å². The fraction of sp³-hybridized carbons (Fsp3) is 0.286. The molecular formula is C21H23N5O. The molecule has 0 spiro atoms. The van der Waals surface area contributed by atoms with Gasteiger partial charge in [-0.2, -0.15) is 0 Å². The standard InChI is InChI=1S/C21H23N5O/c1-16-5-6-18(13-17(16)2)21(27)26-11-9-25(10-12-26)20-14-19(22-15-23-20)24-7-3-4-8-24/h3-8,13-15H,9-12H2,1-2H3. The number of carbonyl (C=O) groups is 1. The van der Waals surface area contributed by atoms with E-state index in [2.05, 4.69) is 21.8 Å². The maximum absolute atomic E-state index is 12.8. The van der Waals surface area contributed by atoms with Gasteiger partial charge < -0.3 is 14.4 Å². The first-order chi connectivity index (χ1) is 13.1. The SMILES string of the molecule is Cc1ccc(C(=O)N2CCN(c3cc(-n4cccc4)ncn3)CC2)cc1C. The summed E-state index contributed by atoms with van der Waals surface area (Å²) in [6.45, 7) is 7.01. The molecule has 6 heteroatoms. The van der Waals surface area contributed by atoms with Crippen molar-refractivity contribution in [2.24, 2.45) is 0 Å². The molecular weight excluding hydrogens is 338 g/mol. The molecule has 27 heavy (non-hydrogen) atoms. The van der Waals surface area contributed by atoms with Crippen molar-refractivity contribution in [2.45, 2.75) is 13.8 Å². The van der Waals surface area contributed by atoms with E-state index in [0.29, 0.717) is 13.1 Å². The van der Waals surface area contributed by atoms with Crippen molar-refractivity contribution in [3.05, 3.63) is 71.8 Å². The molecule has 1 saturated heterocycles. The second kappa shape index (κ2) is 7.23. The van der Waals surface area contributed by atoms with E-state index in [1.54, 1.807) is 6.33 Å². The number of benzene rings is 1. The van der Waals surface area contributed by atoms with Crippen molar-refractivity contribution >= 4 is 11.7 Å². The van der Waals surface area contributed by atoms with Gasteiger partial charge >= 0.3 is 0 Å². The number of carbonyl (C=O) groups excluding carboxylic acids is 1. The summed E-state index contributed by atoms with van der Waals surface area (Å²) < 4.78 is 1.96. The van der Waals surface area contributed by atoms with Crippen molar-refractivity contribution in [2.75, 3.05) is 31.1 Å². The quantitative estimate of drug-likeness (QED) is 0.720. The summed E-state index contributed by atoms with van der Waals surface area (Å²) in [5.74, 6) is 1.85. The van der Waals surface area contributed by atoms with Gasteiger partial charge in [0, 0.05) is 50.2 Å². The van der Waals surface area contributed by atoms with Crippen LogP contribution < -0.4 is 4.90 Å². The largest absolute Gasteiger partial charge is 0.353 e. The van der Waals surface area contributed by atoms with Crippen LogP contribution in [0.3, 0.4) is 0 Å². The maximum Gasteiger partial charge on any atom is 0.253 e. The summed E-state index contributed by atoms with van der Waals surface area (Å²) >= 11 is 0. The van der Waals surface area contributed by atoms with E-state index < -0.39 is 0 Å². The van der Waals surface area contributed by atoms with Crippen LogP contribution in [0.1, 0.15) is 21.5 Å². The second-order valence-electron chi connectivity index (χ2n) is 6.90. The Hall–Kier alpha value is -3.15. The first kappa shape index (κ1) is 17.3. The molecule has 0 N–H and O–H groups in total. The minimum atomic E-state index is 0.105. The molecule has 1 aliphatic heterocycles. The zero-order chi connectivity index (χ0) is 18.8. The highest BCUT2D eigenvalue weighted by Crippen LogP contribution is 2.18. The fourth-order valence-electron chi connectivity index (χ4n) is 3.33. The topological polar surface area (TPSA) is 54.3 Å². The number of hydrogen-bond donors (Lipinski definition) is 0. The Balaban J connectivity index is 1.44. The van der Waals surface area contributed by atoms with Crippen LogP contribution in [-0.4, -0.2) is 51.5 Å². The first-order valence-electron chi connectivity index (χ1n) is 9.19. The number of aromatic nitrogens is 3. The van der Waals surface area contributed by atoms with E-state index in [-0.39, 0.29) is 5.91 Å². The van der Waals surface area contributed by atoms with Crippen LogP contribution in [0, 0.1) is 13.8 Å². The molecule has 6 nitrogen and oxygen atoms in total. The van der Waals surface area contributed by atoms with Gasteiger partial charge in [-0.15, -0.1) is 0 Å². The monoisotopic (exact) mass is 361 g/mol. The Bertz CT molecular complexity index is 943. The number of piperazine rings is 1. The molecule has 0 unspecified atom stereocenters. The molecule has 0 radical (unpaired) electrons. The summed E-state index contributed by atoms with van der Waals surface area (Å²) in [5, 5.41) is 0. The van der Waals surface area contributed by atoms with E-state index >= 15 is 0 Å². The highest BCUT2D eigenvalue weighted by atomic mass is 16.2. The van der Waals surface area contributed by atoms with E-state index in [1.807, 2.05) is 65.2 Å². The van der Waals surface area contributed by atoms with Crippen LogP contribution in [-0.2, 0) is 0 Å². The van der Waals surface area contributed by atoms with Crippen molar-refractivity contribution in [1.29, 1.82) is 0 Å². The molecule has 0 atom stereocenters. The van der Waals surface area contributed by atoms with Gasteiger partial charge in [0.05, 0.1) is 0 Å². The molecule has 0 aliphatic carbocycles. The number of hydrogen-bond acceptors (Lipinski definition) is 4. The predicted octanol–water partition coefficient (Wildman–Crippen LogP) is 2.85. The van der Waals surface area contributed by atoms with Gasteiger partial charge in [0.25, 0.3) is 5.91 Å². The minimum Gasteiger partial charge on any atom is -0.353 e. The number of aryl methyl sites for hydroxylation is 2. The Kier molecular flexibility index (Phi) is 4.62. The number of rotatable bonds is 3. The second-order valence-corrected chi connectivity index (χ2v) is 6.90. The van der Waals surface area contributed by atoms with Crippen LogP contribution in [0.15, 0.2) is 55.1 Å². The zero-order valence-corrected chi connectivity index (χ0v) is 15.7. The summed E-state index contributed by atoms with van der Waals surface area (Å²) in [5.41, 5.74) is 3.13. The van der Waals surface area contributed by atoms with Crippen LogP contribution in [0.5, 0.6) is 0 Å². The highest BCUT2D eigenvalue weighted by Gasteiger charge is 2.23. The Morgan fingerprint density at radius 1 is 0.889 bits per heavy atom. The highest BCUT2D eigenvalue weighted by molar-refractivity contribution is 5.94. The average molecular weight is 361 g/mol. The third-order valence-corrected chi connectivity index (χ3v) is 5.15. The first-order valence-corrected chi connectivity index (χ1v) is 9.19. The molecule has 2 aromatic heterocycles. The zero-order valence-electron chi connectivity index (χ0n) is 15.7. The van der Waals surface area contributed by atoms with Crippen LogP contribution in [0.25, 0.3) is 5.82 Å². The molecule has 0 bridgehead atoms. The fourth-order valence-corrected chi connectivity index (χ4v) is 3.33. The van der Waals surface area contributed by atoms with Gasteiger partial charge in [-0.05, 0) is 49.2 Å². The lowest BCUT2D eigenvalue weighted by molar-refractivity contribution is 0.0746. The molecule has 138 valence electrons. The summed E-state index contributed by atoms with van der Waals surface area (Å²) in [4.78, 5) is 25.7. The van der Waals surface area contributed by atoms with Crippen molar-refractivity contribution < 1.29 is 4.79 Å². The maximum atomic E-state index is 12.8. The molecule has 1 amide bonds. The van der Waals surface area contributed by atoms with Crippen LogP contribution in [0.4, 0.5) is 5.82 Å². The third-order valence-electron chi connectivity index (χ3n) is 5.15. The Morgan fingerprint density at radius 2 is 1.59 bits per heavy atom. The summed E-state index contributed by atoms with van der Waals surface area (Å²) in [7, 11) is 0. The Morgan fingerprint density at radius 3 is 2.30 bits per heavy atom. The average Bonchev–Trinajstić information content (AvgIpc) is 3.25. The Labute approximate surface area is 159 Å². The summed E-state index contributed by atoms with van der Waals surface area (Å²) in [6.07, 6.45) is 5.52. The lowest BCUT2D eigenvalue weighted by Gasteiger charge is -2.35. The molecule has 3 aromatic rings. The third kappa shape index (κ3) is 3.56. The predicted molar refractivity (Wildman–Crippen MR) is 105 cm³/mol. The normalized spacial score (nSPS) is 14.4. The number of nitrogens with zero attached hydrogens (tertiary/aromatic N) is 5. The molecule has 4 rings (SSSR count). The van der Waals surface area contributed by atoms with E-state index in [4.69, 9.17) is 0 Å². The van der Waals surface area contributed by atoms with Gasteiger partial charge in [0.2, 0.25) is 0 Å². The van der Waals surface area contributed by atoms with Crippen LogP contribution >= 0.6 is 0 Å². The molecule has 1 aliphatic rings. The molecule has 0 saturated carbocycles. The van der Waals surface area contributed by atoms with Gasteiger partial charge in [-0.3, -0.25) is 4.79 Å². The van der Waals surface area contributed by atoms with Gasteiger partial charge in [-0.25, -0.2) is 9.97 Å². The lowest BCUT2D eigenvalue weighted by Crippen LogP contribution is -2.49. The lowest BCUT2D eigenvalue weighted by atomic mass is 10.1. The van der Waals surface area contributed by atoms with Crippen molar-refractivity contribution in [3.63, 3.8) is 0 Å². The molecule has 3 heterocycles. The molecule has 1 fully saturated rings. The number of amides is 1. The van der Waals surface area contributed by atoms with Crippen molar-refractivity contribution in [1.82, 2.24) is 19.4 Å². The minimum absolute atomic E-state index is 0.105. The van der Waals surface area contributed by atoms with Crippen LogP contribution in [0.2, 0.25) is 0 Å². The number of anilines is 1. The van der Waals surface area contributed by atoms with Gasteiger partial charge in [0.15, 0.2) is 0 Å². The smallest absolute Gasteiger partial charge is 0.253 e. The van der Waals surface area contributed by atoms with E-state index in [1.165, 1.54) is 5.56 Å². The van der Waals surface area contributed by atoms with Gasteiger partial charge in [0.1, 0.15) is 18.0 Å².